The van der Waals surface area contributed by atoms with Gasteiger partial charge in [-0.15, -0.1) is 0 Å². The summed E-state index contributed by atoms with van der Waals surface area (Å²) in [6.45, 7) is 2.52. The summed E-state index contributed by atoms with van der Waals surface area (Å²) < 4.78 is 0. The van der Waals surface area contributed by atoms with E-state index in [1.54, 1.807) is 0 Å². The SMILES string of the molecule is Cc1cc(O)c(O)c(Cl)c1CCCCN. The van der Waals surface area contributed by atoms with Crippen molar-refractivity contribution in [3.63, 3.8) is 0 Å². The molecule has 0 aliphatic rings. The number of unbranched alkanes of at least 4 members (excludes halogenated alkanes) is 1. The van der Waals surface area contributed by atoms with Gasteiger partial charge in [-0.2, -0.15) is 0 Å². The first-order valence-electron chi connectivity index (χ1n) is 4.98. The molecule has 84 valence electrons. The summed E-state index contributed by atoms with van der Waals surface area (Å²) in [6.07, 6.45) is 2.63. The predicted octanol–water partition coefficient (Wildman–Crippen LogP) is 2.34. The van der Waals surface area contributed by atoms with E-state index in [1.165, 1.54) is 6.07 Å². The Balaban J connectivity index is 2.92. The Kier molecular flexibility index (Phi) is 4.24. The van der Waals surface area contributed by atoms with Crippen LogP contribution in [0.5, 0.6) is 11.5 Å². The quantitative estimate of drug-likeness (QED) is 0.549. The van der Waals surface area contributed by atoms with Gasteiger partial charge in [-0.25, -0.2) is 0 Å². The highest BCUT2D eigenvalue weighted by molar-refractivity contribution is 6.33. The lowest BCUT2D eigenvalue weighted by atomic mass is 10.0. The smallest absolute Gasteiger partial charge is 0.176 e. The average Bonchev–Trinajstić information content (AvgIpc) is 2.20. The third kappa shape index (κ3) is 2.76. The molecule has 1 rings (SSSR count). The van der Waals surface area contributed by atoms with E-state index in [-0.39, 0.29) is 16.5 Å². The molecule has 3 nitrogen and oxygen atoms in total. The molecule has 0 aliphatic heterocycles. The molecule has 0 aliphatic carbocycles. The van der Waals surface area contributed by atoms with Crippen molar-refractivity contribution in [2.45, 2.75) is 26.2 Å². The standard InChI is InChI=1S/C11H16ClNO2/c1-7-6-9(14)11(15)10(12)8(7)4-2-3-5-13/h6,14-15H,2-5,13H2,1H3. The predicted molar refractivity (Wildman–Crippen MR) is 61.5 cm³/mol. The molecular weight excluding hydrogens is 214 g/mol. The first kappa shape index (κ1) is 12.1. The zero-order valence-electron chi connectivity index (χ0n) is 8.76. The molecule has 4 N–H and O–H groups in total. The van der Waals surface area contributed by atoms with E-state index in [0.29, 0.717) is 6.54 Å². The van der Waals surface area contributed by atoms with Gasteiger partial charge in [0.1, 0.15) is 0 Å². The Labute approximate surface area is 94.5 Å². The monoisotopic (exact) mass is 229 g/mol. The third-order valence-electron chi connectivity index (χ3n) is 2.43. The van der Waals surface area contributed by atoms with Gasteiger partial charge in [0.05, 0.1) is 5.02 Å². The Bertz CT molecular complexity index is 353. The average molecular weight is 230 g/mol. The van der Waals surface area contributed by atoms with E-state index < -0.39 is 0 Å². The van der Waals surface area contributed by atoms with Gasteiger partial charge in [-0.1, -0.05) is 11.6 Å². The number of hydrogen-bond acceptors (Lipinski definition) is 3. The molecule has 0 spiro atoms. The van der Waals surface area contributed by atoms with Crippen molar-refractivity contribution >= 4 is 11.6 Å². The third-order valence-corrected chi connectivity index (χ3v) is 2.83. The molecule has 0 saturated heterocycles. The Morgan fingerprint density at radius 1 is 1.33 bits per heavy atom. The number of rotatable bonds is 4. The first-order chi connectivity index (χ1) is 7.07. The largest absolute Gasteiger partial charge is 0.504 e. The van der Waals surface area contributed by atoms with Crippen LogP contribution in [0.4, 0.5) is 0 Å². The molecule has 0 atom stereocenters. The molecular formula is C11H16ClNO2. The molecule has 0 aromatic heterocycles. The number of aryl methyl sites for hydroxylation is 1. The Hall–Kier alpha value is -0.930. The minimum atomic E-state index is -0.231. The van der Waals surface area contributed by atoms with E-state index in [2.05, 4.69) is 0 Å². The molecule has 0 bridgehead atoms. The number of nitrogens with two attached hydrogens (primary N) is 1. The van der Waals surface area contributed by atoms with Crippen LogP contribution in [-0.2, 0) is 6.42 Å². The van der Waals surface area contributed by atoms with Gasteiger partial charge in [0.2, 0.25) is 0 Å². The van der Waals surface area contributed by atoms with Crippen molar-refractivity contribution in [2.75, 3.05) is 6.54 Å². The summed E-state index contributed by atoms with van der Waals surface area (Å²) in [5.41, 5.74) is 7.19. The van der Waals surface area contributed by atoms with Gasteiger partial charge in [0.15, 0.2) is 11.5 Å². The second-order valence-corrected chi connectivity index (χ2v) is 3.98. The lowest BCUT2D eigenvalue weighted by Gasteiger charge is -2.10. The van der Waals surface area contributed by atoms with Gasteiger partial charge in [0, 0.05) is 0 Å². The summed E-state index contributed by atoms with van der Waals surface area (Å²) >= 11 is 5.94. The maximum absolute atomic E-state index is 9.46. The van der Waals surface area contributed by atoms with Crippen molar-refractivity contribution in [2.24, 2.45) is 5.73 Å². The first-order valence-corrected chi connectivity index (χ1v) is 5.35. The van der Waals surface area contributed by atoms with Crippen LogP contribution in [0.1, 0.15) is 24.0 Å². The Morgan fingerprint density at radius 2 is 2.00 bits per heavy atom. The van der Waals surface area contributed by atoms with Crippen LogP contribution in [0.2, 0.25) is 5.02 Å². The van der Waals surface area contributed by atoms with Gasteiger partial charge in [-0.3, -0.25) is 0 Å². The maximum atomic E-state index is 9.46. The molecule has 0 fully saturated rings. The highest BCUT2D eigenvalue weighted by Gasteiger charge is 2.12. The minimum absolute atomic E-state index is 0.167. The van der Waals surface area contributed by atoms with Crippen LogP contribution in [0.15, 0.2) is 6.07 Å². The zero-order valence-corrected chi connectivity index (χ0v) is 9.51. The van der Waals surface area contributed by atoms with Crippen LogP contribution in [0, 0.1) is 6.92 Å². The van der Waals surface area contributed by atoms with Gasteiger partial charge >= 0.3 is 0 Å². The number of aromatic hydroxyl groups is 2. The molecule has 1 aromatic rings. The van der Waals surface area contributed by atoms with Crippen molar-refractivity contribution in [3.8, 4) is 11.5 Å². The molecule has 4 heteroatoms. The summed E-state index contributed by atoms with van der Waals surface area (Å²) in [4.78, 5) is 0. The number of phenols is 2. The van der Waals surface area contributed by atoms with E-state index in [1.807, 2.05) is 6.92 Å². The van der Waals surface area contributed by atoms with Crippen LogP contribution in [0.3, 0.4) is 0 Å². The maximum Gasteiger partial charge on any atom is 0.176 e. The minimum Gasteiger partial charge on any atom is -0.504 e. The molecule has 0 unspecified atom stereocenters. The fourth-order valence-electron chi connectivity index (χ4n) is 1.54. The van der Waals surface area contributed by atoms with Crippen LogP contribution >= 0.6 is 11.6 Å². The number of phenolic OH excluding ortho intramolecular Hbond substituents is 2. The summed E-state index contributed by atoms with van der Waals surface area (Å²) in [5.74, 6) is -0.398. The highest BCUT2D eigenvalue weighted by atomic mass is 35.5. The summed E-state index contributed by atoms with van der Waals surface area (Å²) in [7, 11) is 0. The molecule has 15 heavy (non-hydrogen) atoms. The van der Waals surface area contributed by atoms with E-state index in [0.717, 1.165) is 30.4 Å². The fraction of sp³-hybridized carbons (Fsp3) is 0.455. The van der Waals surface area contributed by atoms with Crippen LogP contribution in [-0.4, -0.2) is 16.8 Å². The number of benzene rings is 1. The normalized spacial score (nSPS) is 10.6. The second kappa shape index (κ2) is 5.24. The van der Waals surface area contributed by atoms with Crippen LogP contribution in [0.25, 0.3) is 0 Å². The zero-order chi connectivity index (χ0) is 11.4. The van der Waals surface area contributed by atoms with Gasteiger partial charge in [-0.05, 0) is 49.9 Å². The van der Waals surface area contributed by atoms with Gasteiger partial charge < -0.3 is 15.9 Å². The summed E-state index contributed by atoms with van der Waals surface area (Å²) in [5, 5.41) is 19.0. The number of halogens is 1. The van der Waals surface area contributed by atoms with Crippen LogP contribution < -0.4 is 5.73 Å². The lowest BCUT2D eigenvalue weighted by molar-refractivity contribution is 0.403. The molecule has 0 radical (unpaired) electrons. The van der Waals surface area contributed by atoms with Crippen molar-refractivity contribution in [3.05, 3.63) is 22.2 Å². The van der Waals surface area contributed by atoms with E-state index in [4.69, 9.17) is 17.3 Å². The lowest BCUT2D eigenvalue weighted by Crippen LogP contribution is -2.00. The van der Waals surface area contributed by atoms with E-state index >= 15 is 0 Å². The fourth-order valence-corrected chi connectivity index (χ4v) is 1.88. The summed E-state index contributed by atoms with van der Waals surface area (Å²) in [6, 6.07) is 1.53. The topological polar surface area (TPSA) is 66.5 Å². The molecule has 0 amide bonds. The van der Waals surface area contributed by atoms with Crippen molar-refractivity contribution in [1.29, 1.82) is 0 Å². The molecule has 0 saturated carbocycles. The highest BCUT2D eigenvalue weighted by Crippen LogP contribution is 2.38. The Morgan fingerprint density at radius 3 is 2.60 bits per heavy atom. The van der Waals surface area contributed by atoms with Crippen molar-refractivity contribution in [1.82, 2.24) is 0 Å². The molecule has 0 heterocycles. The number of hydrogen-bond donors (Lipinski definition) is 3. The van der Waals surface area contributed by atoms with E-state index in [9.17, 15) is 10.2 Å². The second-order valence-electron chi connectivity index (χ2n) is 3.60. The van der Waals surface area contributed by atoms with Crippen molar-refractivity contribution < 1.29 is 10.2 Å². The van der Waals surface area contributed by atoms with Gasteiger partial charge in [0.25, 0.3) is 0 Å². The molecule has 1 aromatic carbocycles.